The zero-order chi connectivity index (χ0) is 13.9. The molecule has 0 bridgehead atoms. The summed E-state index contributed by atoms with van der Waals surface area (Å²) in [6.45, 7) is 0.829. The summed E-state index contributed by atoms with van der Waals surface area (Å²) in [4.78, 5) is 16.6. The van der Waals surface area contributed by atoms with Crippen molar-refractivity contribution in [3.8, 4) is 0 Å². The molecule has 0 amide bonds. The molecule has 4 heteroatoms. The number of aromatic nitrogens is 1. The van der Waals surface area contributed by atoms with Crippen LogP contribution < -0.4 is 11.1 Å². The topological polar surface area (TPSA) is 68.0 Å². The summed E-state index contributed by atoms with van der Waals surface area (Å²) in [6.07, 6.45) is 2.91. The standard InChI is InChI=1S/C16H17N3O/c17-16-12(5-3-8-19-16)10-14(20)15-13-6-2-1-4-11(13)7-9-18-15/h1-6,8,15,18H,7,9-10H2,(H2,17,19). The lowest BCUT2D eigenvalue weighted by Crippen LogP contribution is -2.36. The van der Waals surface area contributed by atoms with Crippen molar-refractivity contribution < 1.29 is 4.79 Å². The number of nitrogens with one attached hydrogen (secondary N) is 1. The van der Waals surface area contributed by atoms with E-state index < -0.39 is 0 Å². The quantitative estimate of drug-likeness (QED) is 0.887. The van der Waals surface area contributed by atoms with Gasteiger partial charge in [0, 0.05) is 24.7 Å². The number of Topliss-reactive ketones (excluding diaryl/α,β-unsaturated/α-hetero) is 1. The van der Waals surface area contributed by atoms with E-state index in [2.05, 4.69) is 16.4 Å². The Morgan fingerprint density at radius 1 is 1.30 bits per heavy atom. The van der Waals surface area contributed by atoms with E-state index in [1.807, 2.05) is 24.3 Å². The van der Waals surface area contributed by atoms with Crippen LogP contribution in [0.5, 0.6) is 0 Å². The van der Waals surface area contributed by atoms with Gasteiger partial charge in [-0.15, -0.1) is 0 Å². The molecule has 1 aromatic heterocycles. The van der Waals surface area contributed by atoms with E-state index >= 15 is 0 Å². The van der Waals surface area contributed by atoms with Crippen LogP contribution in [0.3, 0.4) is 0 Å². The first-order chi connectivity index (χ1) is 9.75. The molecule has 20 heavy (non-hydrogen) atoms. The summed E-state index contributed by atoms with van der Waals surface area (Å²) in [5.74, 6) is 0.571. The summed E-state index contributed by atoms with van der Waals surface area (Å²) in [7, 11) is 0. The Hall–Kier alpha value is -2.20. The normalized spacial score (nSPS) is 17.5. The Bertz CT molecular complexity index is 639. The second kappa shape index (κ2) is 5.43. The first-order valence-corrected chi connectivity index (χ1v) is 6.79. The fourth-order valence-corrected chi connectivity index (χ4v) is 2.68. The number of ketones is 1. The van der Waals surface area contributed by atoms with E-state index in [-0.39, 0.29) is 11.8 Å². The molecule has 0 spiro atoms. The van der Waals surface area contributed by atoms with Crippen LogP contribution in [-0.4, -0.2) is 17.3 Å². The van der Waals surface area contributed by atoms with Crippen LogP contribution in [0.2, 0.25) is 0 Å². The number of rotatable bonds is 3. The highest BCUT2D eigenvalue weighted by Crippen LogP contribution is 2.25. The van der Waals surface area contributed by atoms with Gasteiger partial charge in [0.2, 0.25) is 0 Å². The van der Waals surface area contributed by atoms with Gasteiger partial charge in [-0.2, -0.15) is 0 Å². The molecule has 102 valence electrons. The number of fused-ring (bicyclic) bond motifs is 1. The van der Waals surface area contributed by atoms with Gasteiger partial charge in [0.1, 0.15) is 5.82 Å². The Balaban J connectivity index is 1.84. The number of benzene rings is 1. The number of nitrogens with two attached hydrogens (primary N) is 1. The van der Waals surface area contributed by atoms with Gasteiger partial charge < -0.3 is 11.1 Å². The first kappa shape index (κ1) is 12.8. The van der Waals surface area contributed by atoms with Gasteiger partial charge in [0.05, 0.1) is 6.04 Å². The molecule has 3 N–H and O–H groups in total. The molecule has 1 atom stereocenters. The van der Waals surface area contributed by atoms with Crippen molar-refractivity contribution in [2.45, 2.75) is 18.9 Å². The molecule has 0 saturated heterocycles. The molecule has 1 aliphatic rings. The maximum atomic E-state index is 12.5. The molecule has 1 aromatic carbocycles. The lowest BCUT2D eigenvalue weighted by molar-refractivity contribution is -0.120. The van der Waals surface area contributed by atoms with E-state index in [0.717, 1.165) is 24.1 Å². The smallest absolute Gasteiger partial charge is 0.158 e. The van der Waals surface area contributed by atoms with Crippen molar-refractivity contribution in [2.75, 3.05) is 12.3 Å². The Labute approximate surface area is 118 Å². The number of carbonyl (C=O) groups excluding carboxylic acids is 1. The maximum Gasteiger partial charge on any atom is 0.158 e. The highest BCUT2D eigenvalue weighted by atomic mass is 16.1. The second-order valence-electron chi connectivity index (χ2n) is 5.03. The Kier molecular flexibility index (Phi) is 3.48. The Morgan fingerprint density at radius 2 is 2.15 bits per heavy atom. The van der Waals surface area contributed by atoms with Gasteiger partial charge >= 0.3 is 0 Å². The van der Waals surface area contributed by atoms with Crippen molar-refractivity contribution in [3.05, 3.63) is 59.3 Å². The van der Waals surface area contributed by atoms with E-state index in [4.69, 9.17) is 5.73 Å². The summed E-state index contributed by atoms with van der Waals surface area (Å²) in [5, 5.41) is 3.30. The number of hydrogen-bond donors (Lipinski definition) is 2. The molecular formula is C16H17N3O. The van der Waals surface area contributed by atoms with Crippen LogP contribution >= 0.6 is 0 Å². The Morgan fingerprint density at radius 3 is 3.00 bits per heavy atom. The zero-order valence-corrected chi connectivity index (χ0v) is 11.2. The largest absolute Gasteiger partial charge is 0.383 e. The third-order valence-corrected chi connectivity index (χ3v) is 3.72. The van der Waals surface area contributed by atoms with E-state index in [0.29, 0.717) is 12.2 Å². The second-order valence-corrected chi connectivity index (χ2v) is 5.03. The minimum atomic E-state index is -0.237. The lowest BCUT2D eigenvalue weighted by atomic mass is 9.90. The van der Waals surface area contributed by atoms with Crippen LogP contribution in [0.1, 0.15) is 22.7 Å². The predicted octanol–water partition coefficient (Wildman–Crippen LogP) is 1.66. The molecule has 2 aromatic rings. The molecule has 4 nitrogen and oxygen atoms in total. The third-order valence-electron chi connectivity index (χ3n) is 3.72. The number of nitrogen functional groups attached to an aromatic ring is 1. The molecule has 3 rings (SSSR count). The van der Waals surface area contributed by atoms with Crippen LogP contribution in [0.4, 0.5) is 5.82 Å². The van der Waals surface area contributed by atoms with Gasteiger partial charge in [-0.25, -0.2) is 4.98 Å². The monoisotopic (exact) mass is 267 g/mol. The average Bonchev–Trinajstić information content (AvgIpc) is 2.49. The van der Waals surface area contributed by atoms with Gasteiger partial charge in [-0.1, -0.05) is 30.3 Å². The van der Waals surface area contributed by atoms with Crippen molar-refractivity contribution >= 4 is 11.6 Å². The summed E-state index contributed by atoms with van der Waals surface area (Å²) < 4.78 is 0. The van der Waals surface area contributed by atoms with Crippen molar-refractivity contribution in [1.82, 2.24) is 10.3 Å². The summed E-state index contributed by atoms with van der Waals surface area (Å²) >= 11 is 0. The molecule has 0 radical (unpaired) electrons. The van der Waals surface area contributed by atoms with E-state index in [1.165, 1.54) is 5.56 Å². The van der Waals surface area contributed by atoms with Crippen molar-refractivity contribution in [3.63, 3.8) is 0 Å². The third kappa shape index (κ3) is 2.42. The summed E-state index contributed by atoms with van der Waals surface area (Å²) in [5.41, 5.74) is 8.95. The number of anilines is 1. The fourth-order valence-electron chi connectivity index (χ4n) is 2.68. The molecule has 2 heterocycles. The van der Waals surface area contributed by atoms with Crippen molar-refractivity contribution in [1.29, 1.82) is 0 Å². The molecule has 0 aliphatic carbocycles. The van der Waals surface area contributed by atoms with Gasteiger partial charge in [0.25, 0.3) is 0 Å². The van der Waals surface area contributed by atoms with Gasteiger partial charge in [-0.05, 0) is 23.6 Å². The molecule has 1 aliphatic heterocycles. The number of pyridine rings is 1. The highest BCUT2D eigenvalue weighted by molar-refractivity contribution is 5.88. The minimum Gasteiger partial charge on any atom is -0.383 e. The minimum absolute atomic E-state index is 0.136. The van der Waals surface area contributed by atoms with Gasteiger partial charge in [-0.3, -0.25) is 4.79 Å². The molecular weight excluding hydrogens is 250 g/mol. The molecule has 1 unspecified atom stereocenters. The van der Waals surface area contributed by atoms with Gasteiger partial charge in [0.15, 0.2) is 5.78 Å². The summed E-state index contributed by atoms with van der Waals surface area (Å²) in [6, 6.07) is 11.5. The molecule has 0 saturated carbocycles. The zero-order valence-electron chi connectivity index (χ0n) is 11.2. The fraction of sp³-hybridized carbons (Fsp3) is 0.250. The van der Waals surface area contributed by atoms with Crippen LogP contribution in [-0.2, 0) is 17.6 Å². The number of hydrogen-bond acceptors (Lipinski definition) is 4. The van der Waals surface area contributed by atoms with Crippen LogP contribution in [0.15, 0.2) is 42.6 Å². The number of nitrogens with zero attached hydrogens (tertiary/aromatic N) is 1. The van der Waals surface area contributed by atoms with Crippen LogP contribution in [0, 0.1) is 0 Å². The predicted molar refractivity (Wildman–Crippen MR) is 78.3 cm³/mol. The SMILES string of the molecule is Nc1ncccc1CC(=O)C1NCCc2ccccc21. The maximum absolute atomic E-state index is 12.5. The molecule has 0 fully saturated rings. The van der Waals surface area contributed by atoms with E-state index in [9.17, 15) is 4.79 Å². The van der Waals surface area contributed by atoms with E-state index in [1.54, 1.807) is 12.3 Å². The van der Waals surface area contributed by atoms with Crippen molar-refractivity contribution in [2.24, 2.45) is 0 Å². The lowest BCUT2D eigenvalue weighted by Gasteiger charge is -2.26. The number of carbonyl (C=O) groups is 1. The highest BCUT2D eigenvalue weighted by Gasteiger charge is 2.25. The average molecular weight is 267 g/mol. The first-order valence-electron chi connectivity index (χ1n) is 6.79. The van der Waals surface area contributed by atoms with Crippen LogP contribution in [0.25, 0.3) is 0 Å².